The van der Waals surface area contributed by atoms with Crippen molar-refractivity contribution < 1.29 is 9.53 Å². The zero-order valence-electron chi connectivity index (χ0n) is 15.8. The summed E-state index contributed by atoms with van der Waals surface area (Å²) in [7, 11) is 0. The molecule has 10 heteroatoms. The summed E-state index contributed by atoms with van der Waals surface area (Å²) in [5.74, 6) is -1.14. The van der Waals surface area contributed by atoms with Gasteiger partial charge in [0.05, 0.1) is 12.3 Å². The second-order valence-electron chi connectivity index (χ2n) is 6.12. The van der Waals surface area contributed by atoms with Crippen LogP contribution >= 0.6 is 0 Å². The third-order valence-electron chi connectivity index (χ3n) is 4.22. The maximum Gasteiger partial charge on any atom is 0.376 e. The fraction of sp³-hybridized carbons (Fsp3) is 0.100. The number of ether oxygens (including phenoxy) is 1. The standard InChI is InChI=1S/C20H16N6O4/c1-2-30-19(28)17-23-26(14-11-7-4-8-12-14)20-22-16(15(24-29)18(27)25(17)20)21-13-9-5-3-6-10-13/h3-12,21H,2H2,1H3. The van der Waals surface area contributed by atoms with E-state index in [0.717, 1.165) is 4.40 Å². The molecule has 0 amide bonds. The molecule has 2 heterocycles. The van der Waals surface area contributed by atoms with Crippen molar-refractivity contribution in [3.05, 3.63) is 81.7 Å². The fourth-order valence-electron chi connectivity index (χ4n) is 2.92. The Hall–Kier alpha value is -4.34. The van der Waals surface area contributed by atoms with E-state index in [1.54, 1.807) is 55.5 Å². The van der Waals surface area contributed by atoms with Crippen LogP contribution in [0.4, 0.5) is 17.2 Å². The van der Waals surface area contributed by atoms with Gasteiger partial charge < -0.3 is 10.1 Å². The second kappa shape index (κ2) is 7.95. The molecule has 4 aromatic rings. The van der Waals surface area contributed by atoms with Crippen molar-refractivity contribution in [1.29, 1.82) is 0 Å². The van der Waals surface area contributed by atoms with Crippen molar-refractivity contribution in [2.45, 2.75) is 6.92 Å². The lowest BCUT2D eigenvalue weighted by Crippen LogP contribution is -2.21. The number of carbonyl (C=O) groups is 1. The molecule has 30 heavy (non-hydrogen) atoms. The van der Waals surface area contributed by atoms with E-state index in [1.807, 2.05) is 12.1 Å². The highest BCUT2D eigenvalue weighted by atomic mass is 16.5. The van der Waals surface area contributed by atoms with Crippen molar-refractivity contribution in [3.63, 3.8) is 0 Å². The molecule has 0 aliphatic carbocycles. The molecule has 0 spiro atoms. The minimum absolute atomic E-state index is 0.0279. The molecule has 4 rings (SSSR count). The van der Waals surface area contributed by atoms with E-state index in [4.69, 9.17) is 4.74 Å². The quantitative estimate of drug-likeness (QED) is 0.387. The van der Waals surface area contributed by atoms with E-state index in [2.05, 4.69) is 20.6 Å². The molecule has 0 saturated heterocycles. The van der Waals surface area contributed by atoms with Crippen LogP contribution in [0, 0.1) is 4.91 Å². The number of aromatic nitrogens is 4. The second-order valence-corrected chi connectivity index (χ2v) is 6.12. The van der Waals surface area contributed by atoms with Gasteiger partial charge in [-0.15, -0.1) is 10.0 Å². The summed E-state index contributed by atoms with van der Waals surface area (Å²) in [6, 6.07) is 17.7. The van der Waals surface area contributed by atoms with Crippen LogP contribution in [0.3, 0.4) is 0 Å². The summed E-state index contributed by atoms with van der Waals surface area (Å²) in [6.45, 7) is 1.72. The summed E-state index contributed by atoms with van der Waals surface area (Å²) >= 11 is 0. The Bertz CT molecular complexity index is 1280. The topological polar surface area (TPSA) is 120 Å². The van der Waals surface area contributed by atoms with Gasteiger partial charge in [-0.05, 0) is 36.4 Å². The van der Waals surface area contributed by atoms with Crippen molar-refractivity contribution in [2.75, 3.05) is 11.9 Å². The van der Waals surface area contributed by atoms with Gasteiger partial charge in [0.15, 0.2) is 5.82 Å². The van der Waals surface area contributed by atoms with Crippen molar-refractivity contribution >= 4 is 28.9 Å². The smallest absolute Gasteiger partial charge is 0.376 e. The first-order chi connectivity index (χ1) is 14.6. The molecule has 0 fully saturated rings. The molecule has 0 atom stereocenters. The lowest BCUT2D eigenvalue weighted by Gasteiger charge is -2.08. The number of hydrogen-bond acceptors (Lipinski definition) is 8. The average Bonchev–Trinajstić information content (AvgIpc) is 3.15. The lowest BCUT2D eigenvalue weighted by atomic mass is 10.3. The number of rotatable bonds is 6. The zero-order chi connectivity index (χ0) is 21.1. The Kier molecular flexibility index (Phi) is 5.04. The van der Waals surface area contributed by atoms with Crippen LogP contribution in [0.15, 0.2) is 70.6 Å². The Morgan fingerprint density at radius 1 is 1.10 bits per heavy atom. The monoisotopic (exact) mass is 404 g/mol. The molecule has 10 nitrogen and oxygen atoms in total. The molecule has 0 aliphatic rings. The normalized spacial score (nSPS) is 10.7. The number of hydrogen-bond donors (Lipinski definition) is 1. The summed E-state index contributed by atoms with van der Waals surface area (Å²) < 4.78 is 7.27. The van der Waals surface area contributed by atoms with E-state index >= 15 is 0 Å². The number of fused-ring (bicyclic) bond motifs is 1. The number of anilines is 2. The van der Waals surface area contributed by atoms with E-state index in [9.17, 15) is 14.5 Å². The Balaban J connectivity index is 2.01. The SMILES string of the molecule is CCOC(=O)c1nn(-c2ccccc2)c2nc(Nc3ccccc3)c(N=O)c(=O)n12. The van der Waals surface area contributed by atoms with Gasteiger partial charge >= 0.3 is 5.97 Å². The number of nitrogens with one attached hydrogen (secondary N) is 1. The zero-order valence-corrected chi connectivity index (χ0v) is 15.8. The van der Waals surface area contributed by atoms with Crippen LogP contribution < -0.4 is 10.9 Å². The first-order valence-electron chi connectivity index (χ1n) is 9.07. The van der Waals surface area contributed by atoms with Gasteiger partial charge in [-0.3, -0.25) is 4.79 Å². The molecule has 0 aliphatic heterocycles. The van der Waals surface area contributed by atoms with Gasteiger partial charge in [-0.2, -0.15) is 9.67 Å². The minimum Gasteiger partial charge on any atom is -0.460 e. The number of nitrogens with zero attached hydrogens (tertiary/aromatic N) is 5. The van der Waals surface area contributed by atoms with Gasteiger partial charge in [0, 0.05) is 5.69 Å². The average molecular weight is 404 g/mol. The molecule has 0 saturated carbocycles. The molecule has 0 unspecified atom stereocenters. The summed E-state index contributed by atoms with van der Waals surface area (Å²) in [6.07, 6.45) is 0. The van der Waals surface area contributed by atoms with Gasteiger partial charge in [0.2, 0.25) is 17.3 Å². The minimum atomic E-state index is -0.835. The lowest BCUT2D eigenvalue weighted by molar-refractivity contribution is 0.0509. The highest BCUT2D eigenvalue weighted by Crippen LogP contribution is 2.24. The maximum absolute atomic E-state index is 13.1. The number of nitroso groups, excluding NO2 is 1. The number of esters is 1. The van der Waals surface area contributed by atoms with Crippen LogP contribution in [-0.2, 0) is 4.74 Å². The van der Waals surface area contributed by atoms with Gasteiger partial charge in [-0.25, -0.2) is 9.20 Å². The summed E-state index contributed by atoms with van der Waals surface area (Å²) in [5, 5.41) is 10.0. The fourth-order valence-corrected chi connectivity index (χ4v) is 2.92. The van der Waals surface area contributed by atoms with Gasteiger partial charge in [-0.1, -0.05) is 36.4 Å². The summed E-state index contributed by atoms with van der Waals surface area (Å²) in [4.78, 5) is 41.4. The first kappa shape index (κ1) is 19.0. The number of para-hydroxylation sites is 2. The number of benzene rings is 2. The van der Waals surface area contributed by atoms with Crippen molar-refractivity contribution in [3.8, 4) is 5.69 Å². The number of carbonyl (C=O) groups excluding carboxylic acids is 1. The Morgan fingerprint density at radius 2 is 1.77 bits per heavy atom. The van der Waals surface area contributed by atoms with E-state index in [-0.39, 0.29) is 24.0 Å². The largest absolute Gasteiger partial charge is 0.460 e. The molecule has 2 aromatic carbocycles. The molecular formula is C20H16N6O4. The van der Waals surface area contributed by atoms with Crippen LogP contribution in [0.1, 0.15) is 17.5 Å². The molecule has 1 N–H and O–H groups in total. The maximum atomic E-state index is 13.1. The molecule has 0 radical (unpaired) electrons. The highest BCUT2D eigenvalue weighted by Gasteiger charge is 2.25. The van der Waals surface area contributed by atoms with Crippen molar-refractivity contribution in [2.24, 2.45) is 5.18 Å². The Labute approximate surface area is 169 Å². The third kappa shape index (κ3) is 3.30. The highest BCUT2D eigenvalue weighted by molar-refractivity contribution is 5.86. The predicted octanol–water partition coefficient (Wildman–Crippen LogP) is 3.20. The van der Waals surface area contributed by atoms with Gasteiger partial charge in [0.25, 0.3) is 5.56 Å². The molecule has 0 bridgehead atoms. The van der Waals surface area contributed by atoms with Crippen LogP contribution in [-0.4, -0.2) is 31.7 Å². The molecule has 2 aromatic heterocycles. The van der Waals surface area contributed by atoms with Crippen LogP contribution in [0.5, 0.6) is 0 Å². The van der Waals surface area contributed by atoms with Crippen LogP contribution in [0.25, 0.3) is 11.5 Å². The predicted molar refractivity (Wildman–Crippen MR) is 110 cm³/mol. The van der Waals surface area contributed by atoms with Gasteiger partial charge in [0.1, 0.15) is 0 Å². The van der Waals surface area contributed by atoms with E-state index in [1.165, 1.54) is 4.68 Å². The first-order valence-corrected chi connectivity index (χ1v) is 9.07. The summed E-state index contributed by atoms with van der Waals surface area (Å²) in [5.41, 5.74) is -0.141. The van der Waals surface area contributed by atoms with E-state index in [0.29, 0.717) is 11.4 Å². The van der Waals surface area contributed by atoms with Crippen molar-refractivity contribution in [1.82, 2.24) is 19.2 Å². The third-order valence-corrected chi connectivity index (χ3v) is 4.22. The molecule has 150 valence electrons. The van der Waals surface area contributed by atoms with Crippen LogP contribution in [0.2, 0.25) is 0 Å². The Morgan fingerprint density at radius 3 is 2.40 bits per heavy atom. The van der Waals surface area contributed by atoms with E-state index < -0.39 is 17.2 Å². The molecular weight excluding hydrogens is 388 g/mol.